The van der Waals surface area contributed by atoms with Crippen molar-refractivity contribution in [2.75, 3.05) is 18.6 Å². The van der Waals surface area contributed by atoms with E-state index in [1.54, 1.807) is 19.1 Å². The molecule has 1 rings (SSSR count). The summed E-state index contributed by atoms with van der Waals surface area (Å²) >= 11 is 0. The molecule has 0 aliphatic rings. The Balaban J connectivity index is 2.92. The van der Waals surface area contributed by atoms with Crippen LogP contribution < -0.4 is 16.4 Å². The van der Waals surface area contributed by atoms with Gasteiger partial charge in [-0.05, 0) is 36.5 Å². The van der Waals surface area contributed by atoms with Gasteiger partial charge in [-0.15, -0.1) is 0 Å². The summed E-state index contributed by atoms with van der Waals surface area (Å²) in [7, 11) is -3.27. The third kappa shape index (κ3) is 8.09. The van der Waals surface area contributed by atoms with Gasteiger partial charge in [-0.25, -0.2) is 8.42 Å². The molecule has 0 aliphatic carbocycles. The Bertz CT molecular complexity index is 752. The zero-order valence-electron chi connectivity index (χ0n) is 16.7. The molecule has 7 nitrogen and oxygen atoms in total. The van der Waals surface area contributed by atoms with Crippen molar-refractivity contribution in [2.24, 2.45) is 5.73 Å². The molecule has 0 fully saturated rings. The van der Waals surface area contributed by atoms with Gasteiger partial charge in [-0.1, -0.05) is 32.9 Å². The molecule has 4 N–H and O–H groups in total. The molecule has 2 amide bonds. The molecular weight excluding hydrogens is 366 g/mol. The van der Waals surface area contributed by atoms with Gasteiger partial charge in [0.2, 0.25) is 5.91 Å². The number of rotatable bonds is 8. The summed E-state index contributed by atoms with van der Waals surface area (Å²) in [5.74, 6) is -1.08. The maximum Gasteiger partial charge on any atom is 0.251 e. The van der Waals surface area contributed by atoms with Crippen LogP contribution in [0.3, 0.4) is 0 Å². The van der Waals surface area contributed by atoms with Crippen LogP contribution in [0.4, 0.5) is 0 Å². The van der Waals surface area contributed by atoms with Gasteiger partial charge in [0.15, 0.2) is 0 Å². The maximum atomic E-state index is 12.5. The summed E-state index contributed by atoms with van der Waals surface area (Å²) < 4.78 is 22.9. The predicted octanol–water partition coefficient (Wildman–Crippen LogP) is 0.981. The number of benzene rings is 1. The number of hydrogen-bond acceptors (Lipinski definition) is 5. The first kappa shape index (κ1) is 23.1. The van der Waals surface area contributed by atoms with Crippen LogP contribution in [-0.4, -0.2) is 50.9 Å². The van der Waals surface area contributed by atoms with Gasteiger partial charge in [-0.3, -0.25) is 9.59 Å². The summed E-state index contributed by atoms with van der Waals surface area (Å²) in [4.78, 5) is 24.9. The highest BCUT2D eigenvalue weighted by Gasteiger charge is 2.24. The molecule has 0 bridgehead atoms. The van der Waals surface area contributed by atoms with Gasteiger partial charge >= 0.3 is 0 Å². The highest BCUT2D eigenvalue weighted by Crippen LogP contribution is 2.22. The van der Waals surface area contributed by atoms with Crippen LogP contribution in [0, 0.1) is 0 Å². The first-order chi connectivity index (χ1) is 12.3. The molecular formula is C19H31N3O4S. The number of hydrogen-bond donors (Lipinski definition) is 3. The zero-order chi connectivity index (χ0) is 20.8. The van der Waals surface area contributed by atoms with E-state index in [4.69, 9.17) is 5.73 Å². The van der Waals surface area contributed by atoms with Crippen LogP contribution in [0.15, 0.2) is 24.3 Å². The Hall–Kier alpha value is -1.93. The zero-order valence-corrected chi connectivity index (χ0v) is 17.5. The molecule has 152 valence electrons. The maximum absolute atomic E-state index is 12.5. The summed E-state index contributed by atoms with van der Waals surface area (Å²) in [6.45, 7) is 8.20. The molecule has 0 heterocycles. The molecule has 0 spiro atoms. The fourth-order valence-corrected chi connectivity index (χ4v) is 3.03. The molecule has 27 heavy (non-hydrogen) atoms. The molecule has 1 aromatic carbocycles. The van der Waals surface area contributed by atoms with Crippen LogP contribution in [0.25, 0.3) is 0 Å². The van der Waals surface area contributed by atoms with Crippen molar-refractivity contribution < 1.29 is 18.0 Å². The first-order valence-electron chi connectivity index (χ1n) is 8.93. The van der Waals surface area contributed by atoms with Gasteiger partial charge < -0.3 is 16.4 Å². The minimum absolute atomic E-state index is 0.00618. The van der Waals surface area contributed by atoms with Crippen molar-refractivity contribution in [3.63, 3.8) is 0 Å². The molecule has 2 atom stereocenters. The standard InChI is InChI=1S/C19H31N3O4S/c1-13(12-20)21-18(24)16(10-11-27(5,25)26)22-17(23)14-6-8-15(9-7-14)19(2,3)4/h6-9,13,16H,10-12,20H2,1-5H3,(H,21,24)(H,22,23)/t13-,16?/m0/s1. The van der Waals surface area contributed by atoms with Gasteiger partial charge in [0.1, 0.15) is 15.9 Å². The lowest BCUT2D eigenvalue weighted by atomic mass is 9.86. The van der Waals surface area contributed by atoms with E-state index in [0.717, 1.165) is 11.8 Å². The largest absolute Gasteiger partial charge is 0.351 e. The normalized spacial score (nSPS) is 14.3. The Morgan fingerprint density at radius 3 is 2.11 bits per heavy atom. The Labute approximate surface area is 162 Å². The van der Waals surface area contributed by atoms with Crippen molar-refractivity contribution in [2.45, 2.75) is 51.6 Å². The van der Waals surface area contributed by atoms with Crippen molar-refractivity contribution >= 4 is 21.7 Å². The predicted molar refractivity (Wildman–Crippen MR) is 107 cm³/mol. The Kier molecular flexibility index (Phi) is 7.98. The first-order valence-corrected chi connectivity index (χ1v) is 11.0. The summed E-state index contributed by atoms with van der Waals surface area (Å²) in [6.07, 6.45) is 1.09. The van der Waals surface area contributed by atoms with E-state index in [-0.39, 0.29) is 30.2 Å². The van der Waals surface area contributed by atoms with E-state index in [2.05, 4.69) is 31.4 Å². The number of nitrogens with two attached hydrogens (primary N) is 1. The van der Waals surface area contributed by atoms with Crippen LogP contribution in [-0.2, 0) is 20.0 Å². The smallest absolute Gasteiger partial charge is 0.251 e. The lowest BCUT2D eigenvalue weighted by molar-refractivity contribution is -0.123. The van der Waals surface area contributed by atoms with Crippen LogP contribution in [0.5, 0.6) is 0 Å². The number of sulfone groups is 1. The van der Waals surface area contributed by atoms with E-state index in [9.17, 15) is 18.0 Å². The van der Waals surface area contributed by atoms with Crippen LogP contribution >= 0.6 is 0 Å². The van der Waals surface area contributed by atoms with Crippen LogP contribution in [0.2, 0.25) is 0 Å². The fraction of sp³-hybridized carbons (Fsp3) is 0.579. The molecule has 0 saturated carbocycles. The van der Waals surface area contributed by atoms with E-state index < -0.39 is 27.7 Å². The van der Waals surface area contributed by atoms with Crippen LogP contribution in [0.1, 0.15) is 50.0 Å². The third-order valence-corrected chi connectivity index (χ3v) is 5.13. The topological polar surface area (TPSA) is 118 Å². The quantitative estimate of drug-likeness (QED) is 0.604. The lowest BCUT2D eigenvalue weighted by Gasteiger charge is -2.21. The van der Waals surface area contributed by atoms with Gasteiger partial charge in [-0.2, -0.15) is 0 Å². The van der Waals surface area contributed by atoms with E-state index in [1.807, 2.05) is 12.1 Å². The highest BCUT2D eigenvalue weighted by molar-refractivity contribution is 7.90. The van der Waals surface area contributed by atoms with Crippen molar-refractivity contribution in [1.82, 2.24) is 10.6 Å². The van der Waals surface area contributed by atoms with Crippen molar-refractivity contribution in [3.8, 4) is 0 Å². The highest BCUT2D eigenvalue weighted by atomic mass is 32.2. The number of amides is 2. The van der Waals surface area contributed by atoms with Gasteiger partial charge in [0.25, 0.3) is 5.91 Å². The number of carbonyl (C=O) groups is 2. The summed E-state index contributed by atoms with van der Waals surface area (Å²) in [6, 6.07) is 5.91. The van der Waals surface area contributed by atoms with Crippen molar-refractivity contribution in [1.29, 1.82) is 0 Å². The second-order valence-electron chi connectivity index (χ2n) is 7.92. The molecule has 8 heteroatoms. The minimum Gasteiger partial charge on any atom is -0.351 e. The van der Waals surface area contributed by atoms with E-state index in [1.165, 1.54) is 0 Å². The molecule has 1 unspecified atom stereocenters. The molecule has 0 saturated heterocycles. The van der Waals surface area contributed by atoms with Gasteiger partial charge in [0.05, 0.1) is 5.75 Å². The monoisotopic (exact) mass is 397 g/mol. The second-order valence-corrected chi connectivity index (χ2v) is 10.2. The fourth-order valence-electron chi connectivity index (χ4n) is 2.37. The SMILES string of the molecule is C[C@@H](CN)NC(=O)C(CCS(C)(=O)=O)NC(=O)c1ccc(C(C)(C)C)cc1. The van der Waals surface area contributed by atoms with Gasteiger partial charge in [0, 0.05) is 24.4 Å². The lowest BCUT2D eigenvalue weighted by Crippen LogP contribution is -2.51. The number of carbonyl (C=O) groups excluding carboxylic acids is 2. The minimum atomic E-state index is -3.27. The number of nitrogens with one attached hydrogen (secondary N) is 2. The summed E-state index contributed by atoms with van der Waals surface area (Å²) in [5.41, 5.74) is 6.97. The summed E-state index contributed by atoms with van der Waals surface area (Å²) in [5, 5.41) is 5.32. The second kappa shape index (κ2) is 9.32. The molecule has 0 radical (unpaired) electrons. The van der Waals surface area contributed by atoms with E-state index >= 15 is 0 Å². The molecule has 1 aromatic rings. The molecule has 0 aromatic heterocycles. The molecule has 0 aliphatic heterocycles. The average molecular weight is 398 g/mol. The van der Waals surface area contributed by atoms with E-state index in [0.29, 0.717) is 5.56 Å². The average Bonchev–Trinajstić information content (AvgIpc) is 2.56. The third-order valence-electron chi connectivity index (χ3n) is 4.15. The van der Waals surface area contributed by atoms with Crippen molar-refractivity contribution in [3.05, 3.63) is 35.4 Å². The Morgan fingerprint density at radius 2 is 1.67 bits per heavy atom. The Morgan fingerprint density at radius 1 is 1.11 bits per heavy atom.